The van der Waals surface area contributed by atoms with E-state index in [1.54, 1.807) is 6.07 Å². The topological polar surface area (TPSA) is 30.7 Å². The molecule has 90 valence electrons. The van der Waals surface area contributed by atoms with Crippen molar-refractivity contribution in [3.63, 3.8) is 0 Å². The van der Waals surface area contributed by atoms with Gasteiger partial charge in [0.15, 0.2) is 5.16 Å². The number of benzene rings is 1. The number of halogens is 2. The van der Waals surface area contributed by atoms with E-state index in [-0.39, 0.29) is 5.82 Å². The zero-order valence-corrected chi connectivity index (χ0v) is 11.8. The van der Waals surface area contributed by atoms with Crippen LogP contribution in [0.15, 0.2) is 27.8 Å². The Bertz CT molecular complexity index is 542. The average molecular weight is 316 g/mol. The smallest absolute Gasteiger partial charge is 0.191 e. The number of thioether (sulfide) groups is 1. The first-order chi connectivity index (χ1) is 8.08. The van der Waals surface area contributed by atoms with Gasteiger partial charge in [-0.25, -0.2) is 4.39 Å². The van der Waals surface area contributed by atoms with Crippen LogP contribution in [0.1, 0.15) is 11.4 Å². The lowest BCUT2D eigenvalue weighted by Gasteiger charge is -2.03. The molecule has 0 aliphatic carbocycles. The summed E-state index contributed by atoms with van der Waals surface area (Å²) in [5.41, 5.74) is 0.666. The predicted octanol–water partition coefficient (Wildman–Crippen LogP) is 3.32. The summed E-state index contributed by atoms with van der Waals surface area (Å²) in [6.07, 6.45) is 0. The molecule has 0 aliphatic rings. The summed E-state index contributed by atoms with van der Waals surface area (Å²) in [5.74, 6) is 1.19. The van der Waals surface area contributed by atoms with Crippen molar-refractivity contribution < 1.29 is 4.39 Å². The third-order valence-electron chi connectivity index (χ3n) is 2.42. The first-order valence-corrected chi connectivity index (χ1v) is 6.78. The molecule has 0 aliphatic heterocycles. The number of aryl methyl sites for hydroxylation is 1. The van der Waals surface area contributed by atoms with Gasteiger partial charge in [0, 0.05) is 17.3 Å². The van der Waals surface area contributed by atoms with Gasteiger partial charge in [-0.05, 0) is 24.6 Å². The van der Waals surface area contributed by atoms with Crippen LogP contribution in [0.4, 0.5) is 4.39 Å². The van der Waals surface area contributed by atoms with Crippen molar-refractivity contribution in [3.05, 3.63) is 39.9 Å². The molecule has 0 saturated carbocycles. The first kappa shape index (κ1) is 12.6. The monoisotopic (exact) mass is 315 g/mol. The molecule has 0 unspecified atom stereocenters. The van der Waals surface area contributed by atoms with E-state index in [0.29, 0.717) is 11.3 Å². The summed E-state index contributed by atoms with van der Waals surface area (Å²) >= 11 is 4.71. The fourth-order valence-corrected chi connectivity index (χ4v) is 2.57. The van der Waals surface area contributed by atoms with Gasteiger partial charge in [0.05, 0.1) is 0 Å². The quantitative estimate of drug-likeness (QED) is 0.814. The van der Waals surface area contributed by atoms with Crippen LogP contribution in [-0.4, -0.2) is 14.8 Å². The van der Waals surface area contributed by atoms with Crippen molar-refractivity contribution in [2.45, 2.75) is 17.8 Å². The Kier molecular flexibility index (Phi) is 3.83. The number of hydrogen-bond donors (Lipinski definition) is 0. The van der Waals surface area contributed by atoms with E-state index in [4.69, 9.17) is 0 Å². The second-order valence-electron chi connectivity index (χ2n) is 3.61. The van der Waals surface area contributed by atoms with Gasteiger partial charge < -0.3 is 4.57 Å². The van der Waals surface area contributed by atoms with Crippen LogP contribution in [-0.2, 0) is 12.8 Å². The average Bonchev–Trinajstić information content (AvgIpc) is 2.59. The summed E-state index contributed by atoms with van der Waals surface area (Å²) in [6, 6.07) is 5.08. The maximum Gasteiger partial charge on any atom is 0.191 e. The zero-order chi connectivity index (χ0) is 12.4. The molecular weight excluding hydrogens is 305 g/mol. The van der Waals surface area contributed by atoms with Crippen LogP contribution in [0, 0.1) is 12.7 Å². The number of aromatic nitrogens is 3. The molecule has 2 rings (SSSR count). The fourth-order valence-electron chi connectivity index (χ4n) is 1.29. The first-order valence-electron chi connectivity index (χ1n) is 5.00. The molecule has 6 heteroatoms. The molecule has 0 amide bonds. The molecule has 0 fully saturated rings. The number of nitrogens with zero attached hydrogens (tertiary/aromatic N) is 3. The molecule has 2 aromatic rings. The molecular formula is C11H11BrFN3S. The summed E-state index contributed by atoms with van der Waals surface area (Å²) in [7, 11) is 1.90. The number of hydrogen-bond acceptors (Lipinski definition) is 3. The lowest BCUT2D eigenvalue weighted by molar-refractivity contribution is 0.616. The minimum absolute atomic E-state index is 0.203. The minimum atomic E-state index is -0.203. The van der Waals surface area contributed by atoms with Crippen molar-refractivity contribution in [1.82, 2.24) is 14.8 Å². The van der Waals surface area contributed by atoms with Crippen LogP contribution in [0.5, 0.6) is 0 Å². The maximum atomic E-state index is 13.6. The van der Waals surface area contributed by atoms with Crippen molar-refractivity contribution in [2.75, 3.05) is 0 Å². The third kappa shape index (κ3) is 2.87. The highest BCUT2D eigenvalue weighted by atomic mass is 79.9. The van der Waals surface area contributed by atoms with E-state index >= 15 is 0 Å². The molecule has 17 heavy (non-hydrogen) atoms. The SMILES string of the molecule is Cc1nnc(SCc2ccc(Br)cc2F)n1C. The Morgan fingerprint density at radius 3 is 2.76 bits per heavy atom. The van der Waals surface area contributed by atoms with Crippen LogP contribution < -0.4 is 0 Å². The summed E-state index contributed by atoms with van der Waals surface area (Å²) < 4.78 is 16.2. The van der Waals surface area contributed by atoms with Gasteiger partial charge >= 0.3 is 0 Å². The Balaban J connectivity index is 2.10. The second-order valence-corrected chi connectivity index (χ2v) is 5.47. The largest absolute Gasteiger partial charge is 0.309 e. The summed E-state index contributed by atoms with van der Waals surface area (Å²) in [6.45, 7) is 1.89. The predicted molar refractivity (Wildman–Crippen MR) is 69.4 cm³/mol. The summed E-state index contributed by atoms with van der Waals surface area (Å²) in [5, 5.41) is 8.77. The Morgan fingerprint density at radius 2 is 2.18 bits per heavy atom. The lowest BCUT2D eigenvalue weighted by Crippen LogP contribution is -1.94. The molecule has 0 spiro atoms. The minimum Gasteiger partial charge on any atom is -0.309 e. The van der Waals surface area contributed by atoms with Crippen molar-refractivity contribution in [1.29, 1.82) is 0 Å². The highest BCUT2D eigenvalue weighted by Gasteiger charge is 2.08. The maximum absolute atomic E-state index is 13.6. The molecule has 1 heterocycles. The molecule has 0 N–H and O–H groups in total. The molecule has 0 saturated heterocycles. The molecule has 1 aromatic carbocycles. The Hall–Kier alpha value is -0.880. The van der Waals surface area contributed by atoms with Gasteiger partial charge in [0.2, 0.25) is 0 Å². The van der Waals surface area contributed by atoms with Crippen LogP contribution in [0.3, 0.4) is 0 Å². The van der Waals surface area contributed by atoms with Gasteiger partial charge in [-0.3, -0.25) is 0 Å². The van der Waals surface area contributed by atoms with Gasteiger partial charge in [0.1, 0.15) is 11.6 Å². The van der Waals surface area contributed by atoms with E-state index in [1.807, 2.05) is 24.6 Å². The fraction of sp³-hybridized carbons (Fsp3) is 0.273. The zero-order valence-electron chi connectivity index (χ0n) is 9.44. The molecule has 0 radical (unpaired) electrons. The van der Waals surface area contributed by atoms with Crippen molar-refractivity contribution in [2.24, 2.45) is 7.05 Å². The van der Waals surface area contributed by atoms with E-state index in [2.05, 4.69) is 26.1 Å². The molecule has 1 aromatic heterocycles. The number of rotatable bonds is 3. The van der Waals surface area contributed by atoms with Gasteiger partial charge in [0.25, 0.3) is 0 Å². The van der Waals surface area contributed by atoms with E-state index in [9.17, 15) is 4.39 Å². The van der Waals surface area contributed by atoms with Gasteiger partial charge in [-0.2, -0.15) is 0 Å². The highest BCUT2D eigenvalue weighted by Crippen LogP contribution is 2.24. The van der Waals surface area contributed by atoms with E-state index < -0.39 is 0 Å². The molecule has 0 bridgehead atoms. The second kappa shape index (κ2) is 5.18. The van der Waals surface area contributed by atoms with Gasteiger partial charge in [-0.15, -0.1) is 10.2 Å². The van der Waals surface area contributed by atoms with Crippen LogP contribution >= 0.6 is 27.7 Å². The Labute approximate surface area is 112 Å². The third-order valence-corrected chi connectivity index (χ3v) is 3.99. The summed E-state index contributed by atoms with van der Waals surface area (Å²) in [4.78, 5) is 0. The normalized spacial score (nSPS) is 10.8. The van der Waals surface area contributed by atoms with E-state index in [1.165, 1.54) is 17.8 Å². The highest BCUT2D eigenvalue weighted by molar-refractivity contribution is 9.10. The van der Waals surface area contributed by atoms with Crippen molar-refractivity contribution in [3.8, 4) is 0 Å². The standard InChI is InChI=1S/C11H11BrFN3S/c1-7-14-15-11(16(7)2)17-6-8-3-4-9(12)5-10(8)13/h3-5H,6H2,1-2H3. The Morgan fingerprint density at radius 1 is 1.41 bits per heavy atom. The lowest BCUT2D eigenvalue weighted by atomic mass is 10.2. The van der Waals surface area contributed by atoms with Crippen LogP contribution in [0.25, 0.3) is 0 Å². The molecule has 0 atom stereocenters. The van der Waals surface area contributed by atoms with Crippen LogP contribution in [0.2, 0.25) is 0 Å². The van der Waals surface area contributed by atoms with Gasteiger partial charge in [-0.1, -0.05) is 33.8 Å². The van der Waals surface area contributed by atoms with E-state index in [0.717, 1.165) is 15.5 Å². The molecule has 3 nitrogen and oxygen atoms in total. The van der Waals surface area contributed by atoms with Crippen molar-refractivity contribution >= 4 is 27.7 Å².